The summed E-state index contributed by atoms with van der Waals surface area (Å²) in [5.41, 5.74) is 2.81. The van der Waals surface area contributed by atoms with Gasteiger partial charge in [0, 0.05) is 17.5 Å². The van der Waals surface area contributed by atoms with Gasteiger partial charge in [0.15, 0.2) is 11.7 Å². The first-order valence-electron chi connectivity index (χ1n) is 9.03. The van der Waals surface area contributed by atoms with Gasteiger partial charge in [-0.3, -0.25) is 9.52 Å². The molecule has 0 radical (unpaired) electrons. The van der Waals surface area contributed by atoms with Crippen molar-refractivity contribution in [3.05, 3.63) is 59.5 Å². The maximum absolute atomic E-state index is 12.4. The van der Waals surface area contributed by atoms with Gasteiger partial charge in [-0.2, -0.15) is 0 Å². The number of benzene rings is 2. The molecule has 0 saturated carbocycles. The van der Waals surface area contributed by atoms with Crippen LogP contribution < -0.4 is 14.4 Å². The number of anilines is 2. The first-order chi connectivity index (χ1) is 13.9. The molecule has 1 aromatic heterocycles. The van der Waals surface area contributed by atoms with E-state index in [1.807, 2.05) is 25.1 Å². The van der Waals surface area contributed by atoms with Gasteiger partial charge in [0.25, 0.3) is 5.91 Å². The SMILES string of the molecule is CCN1C(=O)COc2ccc(-c3csc(NS(=O)(=O)Cc4ccccc4)n3)cc21. The zero-order valence-corrected chi connectivity index (χ0v) is 17.3. The van der Waals surface area contributed by atoms with Crippen molar-refractivity contribution in [2.24, 2.45) is 0 Å². The number of hydrogen-bond donors (Lipinski definition) is 1. The Morgan fingerprint density at radius 3 is 2.76 bits per heavy atom. The first kappa shape index (κ1) is 19.4. The Morgan fingerprint density at radius 2 is 2.00 bits per heavy atom. The van der Waals surface area contributed by atoms with Crippen molar-refractivity contribution in [1.82, 2.24) is 4.98 Å². The molecule has 0 bridgehead atoms. The van der Waals surface area contributed by atoms with Crippen molar-refractivity contribution in [3.63, 3.8) is 0 Å². The molecule has 0 fully saturated rings. The zero-order valence-electron chi connectivity index (χ0n) is 15.7. The average Bonchev–Trinajstić information content (AvgIpc) is 3.15. The lowest BCUT2D eigenvalue weighted by molar-refractivity contribution is -0.121. The Morgan fingerprint density at radius 1 is 1.21 bits per heavy atom. The van der Waals surface area contributed by atoms with E-state index in [1.165, 1.54) is 11.3 Å². The third-order valence-corrected chi connectivity index (χ3v) is 6.57. The van der Waals surface area contributed by atoms with E-state index >= 15 is 0 Å². The van der Waals surface area contributed by atoms with Crippen molar-refractivity contribution < 1.29 is 17.9 Å². The van der Waals surface area contributed by atoms with Crippen LogP contribution in [-0.4, -0.2) is 32.5 Å². The van der Waals surface area contributed by atoms with Gasteiger partial charge in [0.2, 0.25) is 10.0 Å². The molecule has 2 aromatic carbocycles. The van der Waals surface area contributed by atoms with Crippen LogP contribution in [0.1, 0.15) is 12.5 Å². The maximum atomic E-state index is 12.4. The molecule has 0 spiro atoms. The molecule has 0 unspecified atom stereocenters. The third kappa shape index (κ3) is 4.25. The number of fused-ring (bicyclic) bond motifs is 1. The number of rotatable bonds is 6. The van der Waals surface area contributed by atoms with E-state index in [2.05, 4.69) is 9.71 Å². The molecule has 9 heteroatoms. The number of ether oxygens (including phenoxy) is 1. The minimum absolute atomic E-state index is 0.0320. The maximum Gasteiger partial charge on any atom is 0.265 e. The monoisotopic (exact) mass is 429 g/mol. The fourth-order valence-electron chi connectivity index (χ4n) is 3.12. The highest BCUT2D eigenvalue weighted by atomic mass is 32.2. The van der Waals surface area contributed by atoms with Crippen molar-refractivity contribution in [2.45, 2.75) is 12.7 Å². The van der Waals surface area contributed by atoms with Gasteiger partial charge in [-0.1, -0.05) is 30.3 Å². The molecule has 150 valence electrons. The van der Waals surface area contributed by atoms with Gasteiger partial charge in [0.05, 0.1) is 17.1 Å². The summed E-state index contributed by atoms with van der Waals surface area (Å²) in [4.78, 5) is 18.1. The predicted molar refractivity (Wildman–Crippen MR) is 114 cm³/mol. The number of carbonyl (C=O) groups is 1. The van der Waals surface area contributed by atoms with E-state index in [0.29, 0.717) is 34.4 Å². The normalized spacial score (nSPS) is 13.7. The van der Waals surface area contributed by atoms with Gasteiger partial charge in [0.1, 0.15) is 5.75 Å². The molecule has 0 atom stereocenters. The summed E-state index contributed by atoms with van der Waals surface area (Å²) < 4.78 is 32.9. The number of aromatic nitrogens is 1. The largest absolute Gasteiger partial charge is 0.482 e. The number of nitrogens with zero attached hydrogens (tertiary/aromatic N) is 2. The van der Waals surface area contributed by atoms with E-state index in [4.69, 9.17) is 4.74 Å². The van der Waals surface area contributed by atoms with Crippen LogP contribution in [0.5, 0.6) is 5.75 Å². The standard InChI is InChI=1S/C20H19N3O4S2/c1-2-23-17-10-15(8-9-18(17)27-11-19(23)24)16-12-28-20(21-16)22-29(25,26)13-14-6-4-3-5-7-14/h3-10,12H,2,11,13H2,1H3,(H,21,22). The summed E-state index contributed by atoms with van der Waals surface area (Å²) in [6, 6.07) is 14.5. The molecular weight excluding hydrogens is 410 g/mol. The molecule has 1 aliphatic heterocycles. The van der Waals surface area contributed by atoms with E-state index in [9.17, 15) is 13.2 Å². The molecular formula is C20H19N3O4S2. The van der Waals surface area contributed by atoms with Gasteiger partial charge in [-0.15, -0.1) is 11.3 Å². The molecule has 7 nitrogen and oxygen atoms in total. The topological polar surface area (TPSA) is 88.6 Å². The van der Waals surface area contributed by atoms with Crippen LogP contribution in [-0.2, 0) is 20.6 Å². The number of hydrogen-bond acceptors (Lipinski definition) is 6. The highest BCUT2D eigenvalue weighted by molar-refractivity contribution is 7.92. The van der Waals surface area contributed by atoms with Crippen LogP contribution in [0.4, 0.5) is 10.8 Å². The summed E-state index contributed by atoms with van der Waals surface area (Å²) in [6.07, 6.45) is 0. The molecule has 3 aromatic rings. The van der Waals surface area contributed by atoms with Crippen molar-refractivity contribution in [1.29, 1.82) is 0 Å². The fraction of sp³-hybridized carbons (Fsp3) is 0.200. The van der Waals surface area contributed by atoms with Gasteiger partial charge >= 0.3 is 0 Å². The molecule has 1 aliphatic rings. The molecule has 0 aliphatic carbocycles. The van der Waals surface area contributed by atoms with Gasteiger partial charge in [-0.25, -0.2) is 13.4 Å². The number of thiazole rings is 1. The van der Waals surface area contributed by atoms with E-state index < -0.39 is 10.0 Å². The molecule has 4 rings (SSSR count). The summed E-state index contributed by atoms with van der Waals surface area (Å²) in [5.74, 6) is 0.436. The second-order valence-corrected chi connectivity index (χ2v) is 9.07. The first-order valence-corrected chi connectivity index (χ1v) is 11.6. The quantitative estimate of drug-likeness (QED) is 0.648. The van der Waals surface area contributed by atoms with E-state index in [-0.39, 0.29) is 18.3 Å². The highest BCUT2D eigenvalue weighted by Crippen LogP contribution is 2.36. The van der Waals surface area contributed by atoms with Gasteiger partial charge in [-0.05, 0) is 30.7 Å². The Bertz CT molecular complexity index is 1140. The van der Waals surface area contributed by atoms with Gasteiger partial charge < -0.3 is 9.64 Å². The van der Waals surface area contributed by atoms with Crippen LogP contribution in [0, 0.1) is 0 Å². The smallest absolute Gasteiger partial charge is 0.265 e. The summed E-state index contributed by atoms with van der Waals surface area (Å²) in [5, 5.41) is 2.08. The average molecular weight is 430 g/mol. The summed E-state index contributed by atoms with van der Waals surface area (Å²) in [6.45, 7) is 2.48. The number of carbonyl (C=O) groups excluding carboxylic acids is 1. The van der Waals surface area contributed by atoms with Crippen LogP contribution in [0.15, 0.2) is 53.9 Å². The van der Waals surface area contributed by atoms with Crippen LogP contribution in [0.3, 0.4) is 0 Å². The predicted octanol–water partition coefficient (Wildman–Crippen LogP) is 3.50. The lowest BCUT2D eigenvalue weighted by Gasteiger charge is -2.28. The van der Waals surface area contributed by atoms with Crippen LogP contribution in [0.25, 0.3) is 11.3 Å². The second kappa shape index (κ2) is 7.84. The number of nitrogens with one attached hydrogen (secondary N) is 1. The number of sulfonamides is 1. The molecule has 1 N–H and O–H groups in total. The van der Waals surface area contributed by atoms with Crippen molar-refractivity contribution in [2.75, 3.05) is 22.8 Å². The molecule has 29 heavy (non-hydrogen) atoms. The number of amides is 1. The van der Waals surface area contributed by atoms with E-state index in [0.717, 1.165) is 5.56 Å². The third-order valence-electron chi connectivity index (χ3n) is 4.46. The van der Waals surface area contributed by atoms with Crippen molar-refractivity contribution in [3.8, 4) is 17.0 Å². The lowest BCUT2D eigenvalue weighted by Crippen LogP contribution is -2.38. The van der Waals surface area contributed by atoms with E-state index in [1.54, 1.807) is 40.6 Å². The zero-order chi connectivity index (χ0) is 20.4. The summed E-state index contributed by atoms with van der Waals surface area (Å²) >= 11 is 1.21. The molecule has 1 amide bonds. The Labute approximate surface area is 173 Å². The molecule has 2 heterocycles. The minimum atomic E-state index is -3.57. The summed E-state index contributed by atoms with van der Waals surface area (Å²) in [7, 11) is -3.57. The second-order valence-electron chi connectivity index (χ2n) is 6.49. The Hall–Kier alpha value is -2.91. The lowest BCUT2D eigenvalue weighted by atomic mass is 10.1. The highest BCUT2D eigenvalue weighted by Gasteiger charge is 2.25. The molecule has 0 saturated heterocycles. The minimum Gasteiger partial charge on any atom is -0.482 e. The Balaban J connectivity index is 1.55. The number of likely N-dealkylation sites (N-methyl/N-ethyl adjacent to an activating group) is 1. The fourth-order valence-corrected chi connectivity index (χ4v) is 5.28. The van der Waals surface area contributed by atoms with Crippen molar-refractivity contribution >= 4 is 38.1 Å². The van der Waals surface area contributed by atoms with Crippen LogP contribution in [0.2, 0.25) is 0 Å². The van der Waals surface area contributed by atoms with Crippen LogP contribution >= 0.6 is 11.3 Å². The Kier molecular flexibility index (Phi) is 5.25.